The van der Waals surface area contributed by atoms with Crippen molar-refractivity contribution in [2.75, 3.05) is 13.1 Å². The number of hydrogen-bond acceptors (Lipinski definition) is 3. The van der Waals surface area contributed by atoms with Gasteiger partial charge in [-0.2, -0.15) is 0 Å². The molecule has 1 aromatic heterocycles. The molecule has 94 valence electrons. The smallest absolute Gasteiger partial charge is 0.222 e. The molecule has 1 amide bonds. The minimum Gasteiger partial charge on any atom is -0.389 e. The standard InChI is InChI=1S/C12H19N3O2/c1-9-10(2)15(8-13-9)7-11(16)6-14-5-3-4-12(14)17/h8,11,16H,3-7H2,1-2H3. The second-order valence-electron chi connectivity index (χ2n) is 4.66. The Labute approximate surface area is 101 Å². The molecular formula is C12H19N3O2. The normalized spacial score (nSPS) is 17.8. The summed E-state index contributed by atoms with van der Waals surface area (Å²) < 4.78 is 1.93. The van der Waals surface area contributed by atoms with Crippen LogP contribution in [0.25, 0.3) is 0 Å². The van der Waals surface area contributed by atoms with Gasteiger partial charge in [0.05, 0.1) is 24.7 Å². The topological polar surface area (TPSA) is 58.4 Å². The Morgan fingerprint density at radius 3 is 2.76 bits per heavy atom. The zero-order valence-electron chi connectivity index (χ0n) is 10.4. The van der Waals surface area contributed by atoms with E-state index in [4.69, 9.17) is 0 Å². The number of aromatic nitrogens is 2. The summed E-state index contributed by atoms with van der Waals surface area (Å²) in [6.07, 6.45) is 2.74. The van der Waals surface area contributed by atoms with Gasteiger partial charge in [-0.15, -0.1) is 0 Å². The fourth-order valence-corrected chi connectivity index (χ4v) is 2.16. The third kappa shape index (κ3) is 2.66. The number of aliphatic hydroxyl groups excluding tert-OH is 1. The highest BCUT2D eigenvalue weighted by atomic mass is 16.3. The molecule has 1 saturated heterocycles. The summed E-state index contributed by atoms with van der Waals surface area (Å²) in [5, 5.41) is 9.97. The van der Waals surface area contributed by atoms with E-state index in [-0.39, 0.29) is 5.91 Å². The molecule has 1 N–H and O–H groups in total. The van der Waals surface area contributed by atoms with Crippen LogP contribution in [0, 0.1) is 13.8 Å². The van der Waals surface area contributed by atoms with Crippen molar-refractivity contribution in [3.05, 3.63) is 17.7 Å². The summed E-state index contributed by atoms with van der Waals surface area (Å²) in [6.45, 7) is 5.63. The maximum Gasteiger partial charge on any atom is 0.222 e. The molecule has 0 aromatic carbocycles. The van der Waals surface area contributed by atoms with Crippen LogP contribution in [0.15, 0.2) is 6.33 Å². The highest BCUT2D eigenvalue weighted by molar-refractivity contribution is 5.78. The van der Waals surface area contributed by atoms with Gasteiger partial charge in [0.25, 0.3) is 0 Å². The SMILES string of the molecule is Cc1ncn(CC(O)CN2CCCC2=O)c1C. The van der Waals surface area contributed by atoms with E-state index in [0.717, 1.165) is 24.4 Å². The number of aryl methyl sites for hydroxylation is 1. The van der Waals surface area contributed by atoms with Gasteiger partial charge in [-0.05, 0) is 20.3 Å². The van der Waals surface area contributed by atoms with Gasteiger partial charge in [-0.3, -0.25) is 4.79 Å². The molecule has 1 fully saturated rings. The summed E-state index contributed by atoms with van der Waals surface area (Å²) in [6, 6.07) is 0. The molecule has 5 heteroatoms. The van der Waals surface area contributed by atoms with E-state index in [1.165, 1.54) is 0 Å². The van der Waals surface area contributed by atoms with Crippen LogP contribution in [-0.2, 0) is 11.3 Å². The van der Waals surface area contributed by atoms with Crippen LogP contribution in [0.5, 0.6) is 0 Å². The summed E-state index contributed by atoms with van der Waals surface area (Å²) >= 11 is 0. The van der Waals surface area contributed by atoms with Gasteiger partial charge in [0, 0.05) is 25.2 Å². The molecule has 0 spiro atoms. The molecule has 17 heavy (non-hydrogen) atoms. The first-order valence-electron chi connectivity index (χ1n) is 6.02. The summed E-state index contributed by atoms with van der Waals surface area (Å²) in [5.41, 5.74) is 2.05. The van der Waals surface area contributed by atoms with Gasteiger partial charge in [0.15, 0.2) is 0 Å². The number of hydrogen-bond donors (Lipinski definition) is 1. The van der Waals surface area contributed by atoms with Gasteiger partial charge in [-0.25, -0.2) is 4.98 Å². The Bertz CT molecular complexity index is 414. The lowest BCUT2D eigenvalue weighted by molar-refractivity contribution is -0.129. The van der Waals surface area contributed by atoms with E-state index < -0.39 is 6.10 Å². The Morgan fingerprint density at radius 2 is 2.24 bits per heavy atom. The summed E-state index contributed by atoms with van der Waals surface area (Å²) in [5.74, 6) is 0.155. The molecule has 2 heterocycles. The van der Waals surface area contributed by atoms with E-state index in [0.29, 0.717) is 19.5 Å². The van der Waals surface area contributed by atoms with Gasteiger partial charge in [0.2, 0.25) is 5.91 Å². The number of carbonyl (C=O) groups excluding carboxylic acids is 1. The number of amides is 1. The van der Waals surface area contributed by atoms with Gasteiger partial charge in [-0.1, -0.05) is 0 Å². The second-order valence-corrected chi connectivity index (χ2v) is 4.66. The maximum absolute atomic E-state index is 11.4. The first-order valence-corrected chi connectivity index (χ1v) is 6.02. The van der Waals surface area contributed by atoms with Gasteiger partial charge in [0.1, 0.15) is 0 Å². The van der Waals surface area contributed by atoms with E-state index in [2.05, 4.69) is 4.98 Å². The van der Waals surface area contributed by atoms with Crippen LogP contribution in [0.2, 0.25) is 0 Å². The fraction of sp³-hybridized carbons (Fsp3) is 0.667. The molecule has 0 saturated carbocycles. The van der Waals surface area contributed by atoms with Crippen molar-refractivity contribution in [2.24, 2.45) is 0 Å². The number of aliphatic hydroxyl groups is 1. The molecule has 0 bridgehead atoms. The van der Waals surface area contributed by atoms with Crippen LogP contribution in [0.4, 0.5) is 0 Å². The Kier molecular flexibility index (Phi) is 3.47. The Morgan fingerprint density at radius 1 is 1.47 bits per heavy atom. The van der Waals surface area contributed by atoms with Crippen molar-refractivity contribution in [1.82, 2.24) is 14.5 Å². The Hall–Kier alpha value is -1.36. The van der Waals surface area contributed by atoms with Gasteiger partial charge < -0.3 is 14.6 Å². The van der Waals surface area contributed by atoms with Crippen molar-refractivity contribution in [3.8, 4) is 0 Å². The average Bonchev–Trinajstić information content (AvgIpc) is 2.80. The molecule has 2 rings (SSSR count). The lowest BCUT2D eigenvalue weighted by Gasteiger charge is -2.20. The molecule has 1 unspecified atom stereocenters. The number of β-amino-alcohol motifs (C(OH)–C–C–N with tert-alkyl or cyclic N) is 1. The molecule has 1 atom stereocenters. The number of rotatable bonds is 4. The lowest BCUT2D eigenvalue weighted by Crippen LogP contribution is -2.35. The van der Waals surface area contributed by atoms with E-state index in [1.54, 1.807) is 11.2 Å². The largest absolute Gasteiger partial charge is 0.389 e. The molecule has 1 aliphatic heterocycles. The lowest BCUT2D eigenvalue weighted by atomic mass is 10.3. The summed E-state index contributed by atoms with van der Waals surface area (Å²) in [4.78, 5) is 17.4. The van der Waals surface area contributed by atoms with Crippen molar-refractivity contribution in [1.29, 1.82) is 0 Å². The predicted molar refractivity (Wildman–Crippen MR) is 63.5 cm³/mol. The number of imidazole rings is 1. The second kappa shape index (κ2) is 4.87. The monoisotopic (exact) mass is 237 g/mol. The third-order valence-electron chi connectivity index (χ3n) is 3.36. The zero-order valence-corrected chi connectivity index (χ0v) is 10.4. The highest BCUT2D eigenvalue weighted by Gasteiger charge is 2.22. The minimum absolute atomic E-state index is 0.155. The first-order chi connectivity index (χ1) is 8.08. The quantitative estimate of drug-likeness (QED) is 0.828. The van der Waals surface area contributed by atoms with E-state index >= 15 is 0 Å². The molecule has 5 nitrogen and oxygen atoms in total. The first kappa shape index (κ1) is 12.1. The molecule has 1 aliphatic rings. The third-order valence-corrected chi connectivity index (χ3v) is 3.36. The molecule has 1 aromatic rings. The van der Waals surface area contributed by atoms with E-state index in [9.17, 15) is 9.90 Å². The van der Waals surface area contributed by atoms with Crippen LogP contribution in [-0.4, -0.2) is 44.7 Å². The van der Waals surface area contributed by atoms with Crippen LogP contribution < -0.4 is 0 Å². The number of likely N-dealkylation sites (tertiary alicyclic amines) is 1. The molecule has 0 aliphatic carbocycles. The average molecular weight is 237 g/mol. The maximum atomic E-state index is 11.4. The van der Waals surface area contributed by atoms with Crippen molar-refractivity contribution in [2.45, 2.75) is 39.3 Å². The predicted octanol–water partition coefficient (Wildman–Crippen LogP) is 0.483. The van der Waals surface area contributed by atoms with Crippen LogP contribution >= 0.6 is 0 Å². The van der Waals surface area contributed by atoms with E-state index in [1.807, 2.05) is 18.4 Å². The number of carbonyl (C=O) groups is 1. The van der Waals surface area contributed by atoms with Crippen molar-refractivity contribution < 1.29 is 9.90 Å². The number of nitrogens with zero attached hydrogens (tertiary/aromatic N) is 3. The minimum atomic E-state index is -0.524. The van der Waals surface area contributed by atoms with Crippen LogP contribution in [0.3, 0.4) is 0 Å². The van der Waals surface area contributed by atoms with Crippen molar-refractivity contribution >= 4 is 5.91 Å². The summed E-state index contributed by atoms with van der Waals surface area (Å²) in [7, 11) is 0. The highest BCUT2D eigenvalue weighted by Crippen LogP contribution is 2.11. The van der Waals surface area contributed by atoms with Gasteiger partial charge >= 0.3 is 0 Å². The van der Waals surface area contributed by atoms with Crippen LogP contribution in [0.1, 0.15) is 24.2 Å². The fourth-order valence-electron chi connectivity index (χ4n) is 2.16. The van der Waals surface area contributed by atoms with Crippen molar-refractivity contribution in [3.63, 3.8) is 0 Å². The zero-order chi connectivity index (χ0) is 12.4. The molecule has 0 radical (unpaired) electrons. The Balaban J connectivity index is 1.91. The molecular weight excluding hydrogens is 218 g/mol.